The zero-order valence-corrected chi connectivity index (χ0v) is 12.6. The lowest BCUT2D eigenvalue weighted by molar-refractivity contribution is 0.624. The molecule has 1 aromatic carbocycles. The highest BCUT2D eigenvalue weighted by molar-refractivity contribution is 5.86. The third-order valence-corrected chi connectivity index (χ3v) is 4.16. The van der Waals surface area contributed by atoms with Gasteiger partial charge in [0.2, 0.25) is 0 Å². The number of hydrogen-bond acceptors (Lipinski definition) is 5. The minimum atomic E-state index is -0.202. The molecule has 0 spiro atoms. The molecule has 5 nitrogen and oxygen atoms in total. The summed E-state index contributed by atoms with van der Waals surface area (Å²) >= 11 is 0. The van der Waals surface area contributed by atoms with Crippen LogP contribution in [0.5, 0.6) is 0 Å². The molecule has 0 radical (unpaired) electrons. The van der Waals surface area contributed by atoms with Gasteiger partial charge in [-0.15, -0.1) is 0 Å². The average molecular weight is 309 g/mol. The number of aromatic nitrogens is 3. The Morgan fingerprint density at radius 3 is 2.35 bits per heavy atom. The molecule has 3 heterocycles. The molecule has 116 valence electrons. The van der Waals surface area contributed by atoms with Crippen molar-refractivity contribution >= 4 is 22.5 Å². The fraction of sp³-hybridized carbons (Fsp3) is 0.235. The number of rotatable bonds is 2. The molecular formula is C17H16FN5. The minimum Gasteiger partial charge on any atom is -0.368 e. The van der Waals surface area contributed by atoms with E-state index in [1.807, 2.05) is 24.3 Å². The lowest BCUT2D eigenvalue weighted by atomic mass is 10.2. The summed E-state index contributed by atoms with van der Waals surface area (Å²) in [5.41, 5.74) is 1.78. The van der Waals surface area contributed by atoms with Gasteiger partial charge in [0.1, 0.15) is 18.0 Å². The molecule has 1 fully saturated rings. The number of nitrogens with zero attached hydrogens (tertiary/aromatic N) is 5. The van der Waals surface area contributed by atoms with Crippen molar-refractivity contribution in [3.05, 3.63) is 54.7 Å². The quantitative estimate of drug-likeness (QED) is 0.728. The summed E-state index contributed by atoms with van der Waals surface area (Å²) in [7, 11) is 0. The van der Waals surface area contributed by atoms with Crippen molar-refractivity contribution in [1.82, 2.24) is 15.0 Å². The second-order valence-electron chi connectivity index (χ2n) is 5.52. The van der Waals surface area contributed by atoms with Crippen LogP contribution < -0.4 is 9.80 Å². The minimum absolute atomic E-state index is 0.202. The third-order valence-electron chi connectivity index (χ3n) is 4.16. The summed E-state index contributed by atoms with van der Waals surface area (Å²) in [5, 5.41) is 0.977. The molecule has 3 aromatic rings. The van der Waals surface area contributed by atoms with Crippen LogP contribution in [0.2, 0.25) is 0 Å². The van der Waals surface area contributed by atoms with Gasteiger partial charge in [-0.25, -0.2) is 19.3 Å². The monoisotopic (exact) mass is 309 g/mol. The molecular weight excluding hydrogens is 293 g/mol. The lowest BCUT2D eigenvalue weighted by Gasteiger charge is -2.37. The van der Waals surface area contributed by atoms with Crippen LogP contribution in [0.25, 0.3) is 11.0 Å². The van der Waals surface area contributed by atoms with Gasteiger partial charge in [-0.2, -0.15) is 0 Å². The van der Waals surface area contributed by atoms with E-state index < -0.39 is 0 Å². The molecule has 0 bridgehead atoms. The Kier molecular flexibility index (Phi) is 3.49. The number of fused-ring (bicyclic) bond motifs is 1. The van der Waals surface area contributed by atoms with E-state index in [2.05, 4.69) is 24.8 Å². The topological polar surface area (TPSA) is 45.2 Å². The summed E-state index contributed by atoms with van der Waals surface area (Å²) in [6.07, 6.45) is 3.31. The number of piperazine rings is 1. The Morgan fingerprint density at radius 1 is 0.826 bits per heavy atom. The van der Waals surface area contributed by atoms with Crippen LogP contribution in [0, 0.1) is 5.82 Å². The number of pyridine rings is 1. The smallest absolute Gasteiger partial charge is 0.164 e. The van der Waals surface area contributed by atoms with Gasteiger partial charge in [0.05, 0.1) is 5.39 Å². The SMILES string of the molecule is Fc1ccc(N2CCN(c3ncnc4ncccc34)CC2)cc1. The van der Waals surface area contributed by atoms with E-state index in [0.29, 0.717) is 0 Å². The first-order valence-electron chi connectivity index (χ1n) is 7.62. The van der Waals surface area contributed by atoms with Crippen molar-refractivity contribution in [2.24, 2.45) is 0 Å². The van der Waals surface area contributed by atoms with E-state index >= 15 is 0 Å². The molecule has 0 amide bonds. The predicted octanol–water partition coefficient (Wildman–Crippen LogP) is 2.49. The van der Waals surface area contributed by atoms with Gasteiger partial charge in [0, 0.05) is 38.1 Å². The van der Waals surface area contributed by atoms with E-state index in [1.54, 1.807) is 12.5 Å². The molecule has 23 heavy (non-hydrogen) atoms. The number of anilines is 2. The van der Waals surface area contributed by atoms with Crippen LogP contribution in [-0.2, 0) is 0 Å². The Labute approximate surface area is 133 Å². The predicted molar refractivity (Wildman–Crippen MR) is 88.2 cm³/mol. The van der Waals surface area contributed by atoms with E-state index in [9.17, 15) is 4.39 Å². The first kappa shape index (κ1) is 13.9. The fourth-order valence-corrected chi connectivity index (χ4v) is 2.96. The van der Waals surface area contributed by atoms with Crippen LogP contribution in [0.15, 0.2) is 48.9 Å². The standard InChI is InChI=1S/C17H16FN5/c18-13-3-5-14(6-4-13)22-8-10-23(11-9-22)17-15-2-1-7-19-16(15)20-12-21-17/h1-7,12H,8-11H2. The van der Waals surface area contributed by atoms with Crippen molar-refractivity contribution in [2.75, 3.05) is 36.0 Å². The van der Waals surface area contributed by atoms with Gasteiger partial charge in [-0.1, -0.05) is 0 Å². The Balaban J connectivity index is 1.54. The summed E-state index contributed by atoms with van der Waals surface area (Å²) in [6, 6.07) is 10.6. The summed E-state index contributed by atoms with van der Waals surface area (Å²) in [4.78, 5) is 17.5. The van der Waals surface area contributed by atoms with Crippen LogP contribution in [-0.4, -0.2) is 41.1 Å². The molecule has 1 saturated heterocycles. The second-order valence-corrected chi connectivity index (χ2v) is 5.52. The molecule has 0 N–H and O–H groups in total. The molecule has 0 atom stereocenters. The van der Waals surface area contributed by atoms with E-state index in [0.717, 1.165) is 48.7 Å². The van der Waals surface area contributed by atoms with Crippen molar-refractivity contribution in [3.8, 4) is 0 Å². The van der Waals surface area contributed by atoms with Gasteiger partial charge in [0.15, 0.2) is 5.65 Å². The average Bonchev–Trinajstić information content (AvgIpc) is 2.62. The maximum Gasteiger partial charge on any atom is 0.164 e. The maximum absolute atomic E-state index is 13.0. The Morgan fingerprint density at radius 2 is 1.57 bits per heavy atom. The summed E-state index contributed by atoms with van der Waals surface area (Å²) < 4.78 is 13.0. The lowest BCUT2D eigenvalue weighted by Crippen LogP contribution is -2.46. The van der Waals surface area contributed by atoms with Crippen molar-refractivity contribution in [1.29, 1.82) is 0 Å². The van der Waals surface area contributed by atoms with Crippen molar-refractivity contribution < 1.29 is 4.39 Å². The Bertz CT molecular complexity index is 807. The molecule has 0 aliphatic carbocycles. The first-order valence-corrected chi connectivity index (χ1v) is 7.62. The van der Waals surface area contributed by atoms with Gasteiger partial charge in [0.25, 0.3) is 0 Å². The van der Waals surface area contributed by atoms with Crippen LogP contribution in [0.4, 0.5) is 15.9 Å². The fourth-order valence-electron chi connectivity index (χ4n) is 2.96. The molecule has 1 aliphatic rings. The highest BCUT2D eigenvalue weighted by Crippen LogP contribution is 2.24. The maximum atomic E-state index is 13.0. The van der Waals surface area contributed by atoms with E-state index in [4.69, 9.17) is 0 Å². The Hall–Kier alpha value is -2.76. The largest absolute Gasteiger partial charge is 0.368 e. The molecule has 0 unspecified atom stereocenters. The van der Waals surface area contributed by atoms with Crippen LogP contribution >= 0.6 is 0 Å². The van der Waals surface area contributed by atoms with Gasteiger partial charge in [-0.05, 0) is 36.4 Å². The molecule has 0 saturated carbocycles. The van der Waals surface area contributed by atoms with Gasteiger partial charge < -0.3 is 9.80 Å². The molecule has 2 aromatic heterocycles. The zero-order chi connectivity index (χ0) is 15.6. The van der Waals surface area contributed by atoms with Crippen LogP contribution in [0.1, 0.15) is 0 Å². The van der Waals surface area contributed by atoms with E-state index in [-0.39, 0.29) is 5.82 Å². The van der Waals surface area contributed by atoms with Crippen LogP contribution in [0.3, 0.4) is 0 Å². The zero-order valence-electron chi connectivity index (χ0n) is 12.6. The molecule has 1 aliphatic heterocycles. The van der Waals surface area contributed by atoms with Crippen molar-refractivity contribution in [3.63, 3.8) is 0 Å². The van der Waals surface area contributed by atoms with E-state index in [1.165, 1.54) is 12.1 Å². The normalized spacial score (nSPS) is 15.2. The van der Waals surface area contributed by atoms with Gasteiger partial charge >= 0.3 is 0 Å². The summed E-state index contributed by atoms with van der Waals surface area (Å²) in [5.74, 6) is 0.731. The number of halogens is 1. The molecule has 4 rings (SSSR count). The van der Waals surface area contributed by atoms with Crippen molar-refractivity contribution in [2.45, 2.75) is 0 Å². The molecule has 6 heteroatoms. The number of benzene rings is 1. The van der Waals surface area contributed by atoms with Gasteiger partial charge in [-0.3, -0.25) is 0 Å². The first-order chi connectivity index (χ1) is 11.3. The third kappa shape index (κ3) is 2.67. The highest BCUT2D eigenvalue weighted by Gasteiger charge is 2.20. The number of hydrogen-bond donors (Lipinski definition) is 0. The highest BCUT2D eigenvalue weighted by atomic mass is 19.1. The second kappa shape index (κ2) is 5.79. The summed E-state index contributed by atoms with van der Waals surface area (Å²) in [6.45, 7) is 3.46.